The van der Waals surface area contributed by atoms with Crippen LogP contribution < -0.4 is 5.32 Å². The van der Waals surface area contributed by atoms with Crippen LogP contribution in [0.4, 0.5) is 0 Å². The van der Waals surface area contributed by atoms with E-state index in [1.54, 1.807) is 0 Å². The Morgan fingerprint density at radius 2 is 2.00 bits per heavy atom. The molecule has 2 nitrogen and oxygen atoms in total. The Kier molecular flexibility index (Phi) is 3.17. The number of hydrogen-bond donors (Lipinski definition) is 1. The van der Waals surface area contributed by atoms with Crippen molar-refractivity contribution in [2.45, 2.75) is 19.4 Å². The van der Waals surface area contributed by atoms with Crippen LogP contribution in [0.15, 0.2) is 36.4 Å². The minimum Gasteiger partial charge on any atom is -0.312 e. The van der Waals surface area contributed by atoms with Crippen LogP contribution in [0.1, 0.15) is 24.0 Å². The predicted octanol–water partition coefficient (Wildman–Crippen LogP) is 2.86. The molecule has 1 fully saturated rings. The molecule has 0 aromatic heterocycles. The fraction of sp³-hybridized carbons (Fsp3) is 0.438. The zero-order valence-corrected chi connectivity index (χ0v) is 10.5. The van der Waals surface area contributed by atoms with Crippen molar-refractivity contribution in [2.24, 2.45) is 17.8 Å². The second kappa shape index (κ2) is 4.96. The van der Waals surface area contributed by atoms with Gasteiger partial charge in [-0.25, -0.2) is 0 Å². The largest absolute Gasteiger partial charge is 0.312 e. The molecule has 2 heteroatoms. The molecule has 1 saturated carbocycles. The average molecular weight is 238 g/mol. The maximum atomic E-state index is 8.74. The Hall–Kier alpha value is -1.59. The summed E-state index contributed by atoms with van der Waals surface area (Å²) in [6.07, 6.45) is 7.54. The summed E-state index contributed by atoms with van der Waals surface area (Å²) in [5.41, 5.74) is 1.99. The van der Waals surface area contributed by atoms with Crippen molar-refractivity contribution in [1.82, 2.24) is 5.32 Å². The molecule has 18 heavy (non-hydrogen) atoms. The predicted molar refractivity (Wildman–Crippen MR) is 71.7 cm³/mol. The maximum absolute atomic E-state index is 8.74. The topological polar surface area (TPSA) is 35.8 Å². The lowest BCUT2D eigenvalue weighted by atomic mass is 9.93. The fourth-order valence-electron chi connectivity index (χ4n) is 3.23. The molecule has 0 saturated heterocycles. The summed E-state index contributed by atoms with van der Waals surface area (Å²) in [5, 5.41) is 12.3. The summed E-state index contributed by atoms with van der Waals surface area (Å²) >= 11 is 0. The molecule has 2 aliphatic rings. The van der Waals surface area contributed by atoms with Gasteiger partial charge in [-0.3, -0.25) is 0 Å². The van der Waals surface area contributed by atoms with E-state index in [1.807, 2.05) is 24.3 Å². The molecular weight excluding hydrogens is 220 g/mol. The first kappa shape index (κ1) is 11.5. The molecule has 1 aromatic rings. The highest BCUT2D eigenvalue weighted by Crippen LogP contribution is 2.42. The van der Waals surface area contributed by atoms with Gasteiger partial charge in [-0.1, -0.05) is 24.3 Å². The Morgan fingerprint density at radius 1 is 1.17 bits per heavy atom. The molecular formula is C16H18N2. The highest BCUT2D eigenvalue weighted by Gasteiger charge is 2.34. The van der Waals surface area contributed by atoms with Crippen molar-refractivity contribution in [3.63, 3.8) is 0 Å². The summed E-state index contributed by atoms with van der Waals surface area (Å²) in [6.45, 7) is 2.02. The van der Waals surface area contributed by atoms with E-state index < -0.39 is 0 Å². The molecule has 3 rings (SSSR count). The van der Waals surface area contributed by atoms with Gasteiger partial charge in [0.05, 0.1) is 11.6 Å². The number of hydrogen-bond acceptors (Lipinski definition) is 2. The van der Waals surface area contributed by atoms with Crippen molar-refractivity contribution in [1.29, 1.82) is 5.26 Å². The summed E-state index contributed by atoms with van der Waals surface area (Å²) in [7, 11) is 0. The normalized spacial score (nSPS) is 28.5. The van der Waals surface area contributed by atoms with Crippen LogP contribution in [0, 0.1) is 29.1 Å². The Balaban J connectivity index is 1.47. The van der Waals surface area contributed by atoms with Crippen LogP contribution in [0.25, 0.3) is 0 Å². The van der Waals surface area contributed by atoms with Crippen molar-refractivity contribution in [3.8, 4) is 6.07 Å². The van der Waals surface area contributed by atoms with Gasteiger partial charge in [0.2, 0.25) is 0 Å². The van der Waals surface area contributed by atoms with Crippen LogP contribution in [-0.4, -0.2) is 6.54 Å². The van der Waals surface area contributed by atoms with Crippen LogP contribution in [0.3, 0.4) is 0 Å². The number of nitrogens with one attached hydrogen (secondary N) is 1. The Bertz CT molecular complexity index is 481. The van der Waals surface area contributed by atoms with Crippen molar-refractivity contribution < 1.29 is 0 Å². The first-order valence-corrected chi connectivity index (χ1v) is 6.73. The van der Waals surface area contributed by atoms with E-state index in [0.29, 0.717) is 0 Å². The van der Waals surface area contributed by atoms with Gasteiger partial charge in [-0.2, -0.15) is 5.26 Å². The average Bonchev–Trinajstić information content (AvgIpc) is 3.02. The summed E-state index contributed by atoms with van der Waals surface area (Å²) in [4.78, 5) is 0. The third-order valence-electron chi connectivity index (χ3n) is 4.24. The molecule has 0 aliphatic heterocycles. The van der Waals surface area contributed by atoms with Gasteiger partial charge in [0.25, 0.3) is 0 Å². The number of nitrogens with zero attached hydrogens (tertiary/aromatic N) is 1. The van der Waals surface area contributed by atoms with E-state index in [4.69, 9.17) is 5.26 Å². The first-order valence-electron chi connectivity index (χ1n) is 6.73. The summed E-state index contributed by atoms with van der Waals surface area (Å²) in [6, 6.07) is 9.99. The van der Waals surface area contributed by atoms with Crippen molar-refractivity contribution in [2.75, 3.05) is 6.54 Å². The quantitative estimate of drug-likeness (QED) is 0.819. The molecule has 1 N–H and O–H groups in total. The molecule has 2 aliphatic carbocycles. The molecule has 0 radical (unpaired) electrons. The highest BCUT2D eigenvalue weighted by molar-refractivity contribution is 5.31. The van der Waals surface area contributed by atoms with Gasteiger partial charge in [0.1, 0.15) is 0 Å². The second-order valence-corrected chi connectivity index (χ2v) is 5.48. The van der Waals surface area contributed by atoms with Gasteiger partial charge >= 0.3 is 0 Å². The van der Waals surface area contributed by atoms with Gasteiger partial charge in [0, 0.05) is 6.54 Å². The van der Waals surface area contributed by atoms with E-state index in [1.165, 1.54) is 18.4 Å². The first-order chi connectivity index (χ1) is 8.85. The monoisotopic (exact) mass is 238 g/mol. The summed E-state index contributed by atoms with van der Waals surface area (Å²) in [5.74, 6) is 2.51. The second-order valence-electron chi connectivity index (χ2n) is 5.48. The highest BCUT2D eigenvalue weighted by atomic mass is 14.9. The van der Waals surface area contributed by atoms with E-state index >= 15 is 0 Å². The number of rotatable bonds is 4. The minimum atomic E-state index is 0.733. The smallest absolute Gasteiger partial charge is 0.0991 e. The van der Waals surface area contributed by atoms with Crippen LogP contribution >= 0.6 is 0 Å². The third-order valence-corrected chi connectivity index (χ3v) is 4.24. The van der Waals surface area contributed by atoms with Crippen molar-refractivity contribution in [3.05, 3.63) is 47.5 Å². The van der Waals surface area contributed by atoms with E-state index in [9.17, 15) is 0 Å². The zero-order chi connectivity index (χ0) is 12.4. The number of fused-ring (bicyclic) bond motifs is 2. The molecule has 1 aromatic carbocycles. The van der Waals surface area contributed by atoms with Gasteiger partial charge < -0.3 is 5.32 Å². The number of nitriles is 1. The Morgan fingerprint density at radius 3 is 2.61 bits per heavy atom. The lowest BCUT2D eigenvalue weighted by molar-refractivity contribution is 0.414. The maximum Gasteiger partial charge on any atom is 0.0991 e. The number of allylic oxidation sites excluding steroid dienone is 2. The molecule has 0 heterocycles. The molecule has 92 valence electrons. The molecule has 3 unspecified atom stereocenters. The van der Waals surface area contributed by atoms with E-state index in [0.717, 1.165) is 36.4 Å². The van der Waals surface area contributed by atoms with E-state index in [2.05, 4.69) is 23.5 Å². The van der Waals surface area contributed by atoms with E-state index in [-0.39, 0.29) is 0 Å². The number of benzene rings is 1. The van der Waals surface area contributed by atoms with Crippen LogP contribution in [-0.2, 0) is 6.54 Å². The zero-order valence-electron chi connectivity index (χ0n) is 10.5. The molecule has 0 amide bonds. The van der Waals surface area contributed by atoms with Crippen molar-refractivity contribution >= 4 is 0 Å². The molecule has 2 bridgehead atoms. The minimum absolute atomic E-state index is 0.733. The molecule has 0 spiro atoms. The Labute approximate surface area is 108 Å². The lowest BCUT2D eigenvalue weighted by Gasteiger charge is -2.18. The lowest BCUT2D eigenvalue weighted by Crippen LogP contribution is -2.25. The van der Waals surface area contributed by atoms with Gasteiger partial charge in [-0.05, 0) is 54.8 Å². The van der Waals surface area contributed by atoms with Gasteiger partial charge in [0.15, 0.2) is 0 Å². The molecule has 3 atom stereocenters. The standard InChI is InChI=1S/C16H18N2/c17-9-12-1-3-13(4-2-12)10-18-11-16-8-14-5-6-15(16)7-14/h1-6,14-16,18H,7-8,10-11H2. The van der Waals surface area contributed by atoms with Crippen LogP contribution in [0.2, 0.25) is 0 Å². The SMILES string of the molecule is N#Cc1ccc(CNCC2CC3C=CC2C3)cc1. The van der Waals surface area contributed by atoms with Gasteiger partial charge in [-0.15, -0.1) is 0 Å². The summed E-state index contributed by atoms with van der Waals surface area (Å²) < 4.78 is 0. The fourth-order valence-corrected chi connectivity index (χ4v) is 3.23. The third kappa shape index (κ3) is 2.32. The van der Waals surface area contributed by atoms with Crippen LogP contribution in [0.5, 0.6) is 0 Å².